The van der Waals surface area contributed by atoms with E-state index in [2.05, 4.69) is 10.3 Å². The monoisotopic (exact) mass is 210 g/mol. The summed E-state index contributed by atoms with van der Waals surface area (Å²) in [5.41, 5.74) is 3.96. The van der Waals surface area contributed by atoms with E-state index in [9.17, 15) is 4.79 Å². The number of hydrogen-bond donors (Lipinski definition) is 1. The molecule has 1 aromatic heterocycles. The zero-order chi connectivity index (χ0) is 11.0. The Morgan fingerprint density at radius 3 is 2.94 bits per heavy atom. The third-order valence-corrected chi connectivity index (χ3v) is 2.69. The predicted octanol–water partition coefficient (Wildman–Crippen LogP) is 2.24. The molecular formula is C13H10N2O. The van der Waals surface area contributed by atoms with Crippen molar-refractivity contribution in [3.8, 4) is 11.3 Å². The molecule has 3 rings (SSSR count). The Morgan fingerprint density at radius 1 is 1.19 bits per heavy atom. The van der Waals surface area contributed by atoms with Gasteiger partial charge in [-0.15, -0.1) is 0 Å². The van der Waals surface area contributed by atoms with Crippen LogP contribution >= 0.6 is 0 Å². The van der Waals surface area contributed by atoms with Crippen molar-refractivity contribution in [3.63, 3.8) is 0 Å². The van der Waals surface area contributed by atoms with Crippen LogP contribution in [0.3, 0.4) is 0 Å². The number of nitrogens with one attached hydrogen (secondary N) is 1. The molecule has 3 heteroatoms. The van der Waals surface area contributed by atoms with Crippen molar-refractivity contribution in [3.05, 3.63) is 48.2 Å². The number of fused-ring (bicyclic) bond motifs is 1. The summed E-state index contributed by atoms with van der Waals surface area (Å²) in [6.45, 7) is 0. The maximum absolute atomic E-state index is 11.2. The lowest BCUT2D eigenvalue weighted by Gasteiger charge is -2.03. The van der Waals surface area contributed by atoms with Gasteiger partial charge in [-0.25, -0.2) is 0 Å². The van der Waals surface area contributed by atoms with Crippen LogP contribution in [0.15, 0.2) is 42.6 Å². The molecule has 1 aliphatic rings. The van der Waals surface area contributed by atoms with Crippen LogP contribution in [0.2, 0.25) is 0 Å². The Labute approximate surface area is 93.1 Å². The summed E-state index contributed by atoms with van der Waals surface area (Å²) in [4.78, 5) is 15.5. The Hall–Kier alpha value is -2.16. The molecule has 0 aliphatic carbocycles. The standard InChI is InChI=1S/C13H10N2O/c16-13-8-10-7-9(4-5-12(10)15-13)11-3-1-2-6-14-11/h1-7H,8H2,(H,15,16). The van der Waals surface area contributed by atoms with Gasteiger partial charge >= 0.3 is 0 Å². The van der Waals surface area contributed by atoms with Gasteiger partial charge in [0.05, 0.1) is 12.1 Å². The summed E-state index contributed by atoms with van der Waals surface area (Å²) in [5, 5.41) is 2.82. The number of carbonyl (C=O) groups is 1. The first kappa shape index (κ1) is 9.09. The fourth-order valence-corrected chi connectivity index (χ4v) is 1.92. The number of hydrogen-bond acceptors (Lipinski definition) is 2. The number of pyridine rings is 1. The molecule has 1 amide bonds. The second-order valence-electron chi connectivity index (χ2n) is 3.81. The van der Waals surface area contributed by atoms with E-state index < -0.39 is 0 Å². The molecule has 1 aromatic carbocycles. The van der Waals surface area contributed by atoms with E-state index in [-0.39, 0.29) is 5.91 Å². The smallest absolute Gasteiger partial charge is 0.228 e. The maximum Gasteiger partial charge on any atom is 0.228 e. The highest BCUT2D eigenvalue weighted by molar-refractivity contribution is 5.99. The third-order valence-electron chi connectivity index (χ3n) is 2.69. The fraction of sp³-hybridized carbons (Fsp3) is 0.0769. The topological polar surface area (TPSA) is 42.0 Å². The van der Waals surface area contributed by atoms with Crippen LogP contribution in [0.4, 0.5) is 5.69 Å². The SMILES string of the molecule is O=C1Cc2cc(-c3ccccn3)ccc2N1. The summed E-state index contributed by atoms with van der Waals surface area (Å²) < 4.78 is 0. The first-order chi connectivity index (χ1) is 7.83. The van der Waals surface area contributed by atoms with E-state index in [1.165, 1.54) is 0 Å². The Morgan fingerprint density at radius 2 is 2.12 bits per heavy atom. The van der Waals surface area contributed by atoms with Gasteiger partial charge in [0.1, 0.15) is 0 Å². The van der Waals surface area contributed by atoms with Crippen molar-refractivity contribution >= 4 is 11.6 Å². The first-order valence-corrected chi connectivity index (χ1v) is 5.17. The molecule has 16 heavy (non-hydrogen) atoms. The number of amides is 1. The minimum Gasteiger partial charge on any atom is -0.326 e. The Bertz CT molecular complexity index is 549. The first-order valence-electron chi connectivity index (χ1n) is 5.17. The van der Waals surface area contributed by atoms with E-state index in [0.717, 1.165) is 22.5 Å². The van der Waals surface area contributed by atoms with Gasteiger partial charge in [0, 0.05) is 17.4 Å². The van der Waals surface area contributed by atoms with Crippen molar-refractivity contribution in [1.82, 2.24) is 4.98 Å². The summed E-state index contributed by atoms with van der Waals surface area (Å²) in [6.07, 6.45) is 2.24. The van der Waals surface area contributed by atoms with Crippen molar-refractivity contribution < 1.29 is 4.79 Å². The van der Waals surface area contributed by atoms with E-state index >= 15 is 0 Å². The Balaban J connectivity index is 2.06. The van der Waals surface area contributed by atoms with Crippen LogP contribution in [0, 0.1) is 0 Å². The summed E-state index contributed by atoms with van der Waals surface area (Å²) in [6, 6.07) is 11.7. The zero-order valence-electron chi connectivity index (χ0n) is 8.60. The van der Waals surface area contributed by atoms with Crippen LogP contribution < -0.4 is 5.32 Å². The largest absolute Gasteiger partial charge is 0.326 e. The van der Waals surface area contributed by atoms with Gasteiger partial charge in [0.25, 0.3) is 0 Å². The molecule has 1 aliphatic heterocycles. The predicted molar refractivity (Wildman–Crippen MR) is 62.0 cm³/mol. The highest BCUT2D eigenvalue weighted by atomic mass is 16.1. The van der Waals surface area contributed by atoms with Crippen LogP contribution in [0.5, 0.6) is 0 Å². The average Bonchev–Trinajstić information content (AvgIpc) is 2.69. The molecular weight excluding hydrogens is 200 g/mol. The van der Waals surface area contributed by atoms with E-state index in [1.54, 1.807) is 6.20 Å². The summed E-state index contributed by atoms with van der Waals surface area (Å²) in [5.74, 6) is 0.0631. The lowest BCUT2D eigenvalue weighted by Crippen LogP contribution is -2.03. The minimum absolute atomic E-state index is 0.0631. The lowest BCUT2D eigenvalue weighted by atomic mass is 10.1. The molecule has 0 saturated carbocycles. The van der Waals surface area contributed by atoms with Gasteiger partial charge < -0.3 is 5.32 Å². The number of anilines is 1. The number of rotatable bonds is 1. The van der Waals surface area contributed by atoms with Crippen LogP contribution in [-0.4, -0.2) is 10.9 Å². The van der Waals surface area contributed by atoms with Crippen molar-refractivity contribution in [2.75, 3.05) is 5.32 Å². The normalized spacial score (nSPS) is 13.4. The summed E-state index contributed by atoms with van der Waals surface area (Å²) >= 11 is 0. The van der Waals surface area contributed by atoms with Crippen LogP contribution in [-0.2, 0) is 11.2 Å². The van der Waals surface area contributed by atoms with E-state index in [1.807, 2.05) is 36.4 Å². The molecule has 0 spiro atoms. The van der Waals surface area contributed by atoms with Crippen LogP contribution in [0.1, 0.15) is 5.56 Å². The molecule has 0 bridgehead atoms. The lowest BCUT2D eigenvalue weighted by molar-refractivity contribution is -0.115. The van der Waals surface area contributed by atoms with Gasteiger partial charge in [-0.3, -0.25) is 9.78 Å². The molecule has 2 heterocycles. The molecule has 0 radical (unpaired) electrons. The van der Waals surface area contributed by atoms with Crippen LogP contribution in [0.25, 0.3) is 11.3 Å². The number of nitrogens with zero attached hydrogens (tertiary/aromatic N) is 1. The average molecular weight is 210 g/mol. The second kappa shape index (κ2) is 3.45. The number of benzene rings is 1. The molecule has 1 N–H and O–H groups in total. The second-order valence-corrected chi connectivity index (χ2v) is 3.81. The molecule has 0 fully saturated rings. The molecule has 78 valence electrons. The highest BCUT2D eigenvalue weighted by Crippen LogP contribution is 2.27. The maximum atomic E-state index is 11.2. The number of aromatic nitrogens is 1. The van der Waals surface area contributed by atoms with Crippen molar-refractivity contribution in [2.45, 2.75) is 6.42 Å². The van der Waals surface area contributed by atoms with E-state index in [4.69, 9.17) is 0 Å². The molecule has 0 saturated heterocycles. The van der Waals surface area contributed by atoms with Gasteiger partial charge in [0.15, 0.2) is 0 Å². The van der Waals surface area contributed by atoms with E-state index in [0.29, 0.717) is 6.42 Å². The van der Waals surface area contributed by atoms with Gasteiger partial charge in [0.2, 0.25) is 5.91 Å². The highest BCUT2D eigenvalue weighted by Gasteiger charge is 2.17. The molecule has 2 aromatic rings. The van der Waals surface area contributed by atoms with Gasteiger partial charge in [-0.05, 0) is 29.8 Å². The zero-order valence-corrected chi connectivity index (χ0v) is 8.60. The van der Waals surface area contributed by atoms with Crippen molar-refractivity contribution in [1.29, 1.82) is 0 Å². The van der Waals surface area contributed by atoms with Gasteiger partial charge in [-0.1, -0.05) is 12.1 Å². The third kappa shape index (κ3) is 1.46. The fourth-order valence-electron chi connectivity index (χ4n) is 1.92. The minimum atomic E-state index is 0.0631. The number of carbonyl (C=O) groups excluding carboxylic acids is 1. The molecule has 0 unspecified atom stereocenters. The quantitative estimate of drug-likeness (QED) is 0.784. The molecule has 0 atom stereocenters. The molecule has 3 nitrogen and oxygen atoms in total. The Kier molecular flexibility index (Phi) is 1.96. The summed E-state index contributed by atoms with van der Waals surface area (Å²) in [7, 11) is 0. The van der Waals surface area contributed by atoms with Crippen molar-refractivity contribution in [2.24, 2.45) is 0 Å². The van der Waals surface area contributed by atoms with Gasteiger partial charge in [-0.2, -0.15) is 0 Å².